The molecule has 0 spiro atoms. The Hall–Kier alpha value is -2.00. The maximum Gasteiger partial charge on any atom is 0.263 e. The van der Waals surface area contributed by atoms with Crippen molar-refractivity contribution in [2.45, 2.75) is 40.3 Å². The van der Waals surface area contributed by atoms with Crippen LogP contribution in [0, 0.1) is 20.8 Å². The topological polar surface area (TPSA) is 29.5 Å². The minimum absolute atomic E-state index is 0.0548. The van der Waals surface area contributed by atoms with Crippen LogP contribution in [0.3, 0.4) is 0 Å². The predicted octanol–water partition coefficient (Wildman–Crippen LogP) is 4.69. The molecule has 0 aliphatic carbocycles. The highest BCUT2D eigenvalue weighted by Crippen LogP contribution is 2.26. The lowest BCUT2D eigenvalue weighted by atomic mass is 10.1. The van der Waals surface area contributed by atoms with Crippen LogP contribution in [0.5, 0.6) is 5.75 Å². The van der Waals surface area contributed by atoms with Crippen molar-refractivity contribution < 1.29 is 9.53 Å². The van der Waals surface area contributed by atoms with Crippen LogP contribution in [-0.2, 0) is 11.3 Å². The Kier molecular flexibility index (Phi) is 5.89. The van der Waals surface area contributed by atoms with Crippen molar-refractivity contribution in [3.8, 4) is 5.75 Å². The fraction of sp³-hybridized carbons (Fsp3) is 0.350. The lowest BCUT2D eigenvalue weighted by Crippen LogP contribution is -2.37. The van der Waals surface area contributed by atoms with Gasteiger partial charge in [0.1, 0.15) is 5.75 Å². The minimum atomic E-state index is -0.555. The second kappa shape index (κ2) is 7.71. The summed E-state index contributed by atoms with van der Waals surface area (Å²) in [5.41, 5.74) is 4.19. The van der Waals surface area contributed by atoms with E-state index >= 15 is 0 Å². The molecule has 1 atom stereocenters. The predicted molar refractivity (Wildman–Crippen MR) is 98.7 cm³/mol. The summed E-state index contributed by atoms with van der Waals surface area (Å²) in [5, 5.41) is 0.734. The molecule has 0 aliphatic rings. The van der Waals surface area contributed by atoms with Crippen molar-refractivity contribution in [1.29, 1.82) is 0 Å². The monoisotopic (exact) mass is 345 g/mol. The van der Waals surface area contributed by atoms with Crippen LogP contribution < -0.4 is 4.74 Å². The first-order valence-electron chi connectivity index (χ1n) is 8.02. The van der Waals surface area contributed by atoms with Crippen molar-refractivity contribution in [2.75, 3.05) is 7.05 Å². The Labute approximate surface area is 149 Å². The van der Waals surface area contributed by atoms with E-state index in [1.165, 1.54) is 5.56 Å². The molecule has 24 heavy (non-hydrogen) atoms. The van der Waals surface area contributed by atoms with Crippen LogP contribution in [-0.4, -0.2) is 24.0 Å². The quantitative estimate of drug-likeness (QED) is 0.786. The number of benzene rings is 2. The van der Waals surface area contributed by atoms with E-state index in [2.05, 4.69) is 0 Å². The van der Waals surface area contributed by atoms with Gasteiger partial charge < -0.3 is 9.64 Å². The molecule has 2 rings (SSSR count). The van der Waals surface area contributed by atoms with E-state index < -0.39 is 6.10 Å². The van der Waals surface area contributed by atoms with Gasteiger partial charge in [-0.05, 0) is 56.5 Å². The average Bonchev–Trinajstić information content (AvgIpc) is 2.53. The van der Waals surface area contributed by atoms with Crippen molar-refractivity contribution in [2.24, 2.45) is 0 Å². The molecule has 0 N–H and O–H groups in total. The number of ether oxygens (including phenoxy) is 1. The van der Waals surface area contributed by atoms with Crippen molar-refractivity contribution in [1.82, 2.24) is 4.90 Å². The molecule has 0 saturated heterocycles. The number of amides is 1. The highest BCUT2D eigenvalue weighted by molar-refractivity contribution is 6.32. The number of nitrogens with zero attached hydrogens (tertiary/aromatic N) is 1. The van der Waals surface area contributed by atoms with Crippen LogP contribution in [0.4, 0.5) is 0 Å². The molecule has 0 unspecified atom stereocenters. The summed E-state index contributed by atoms with van der Waals surface area (Å²) in [5.74, 6) is 0.611. The van der Waals surface area contributed by atoms with Crippen LogP contribution >= 0.6 is 11.6 Å². The first-order chi connectivity index (χ1) is 11.3. The second-order valence-corrected chi connectivity index (χ2v) is 6.69. The molecule has 128 valence electrons. The largest absolute Gasteiger partial charge is 0.481 e. The summed E-state index contributed by atoms with van der Waals surface area (Å²) in [6.07, 6.45) is -0.555. The molecule has 0 bridgehead atoms. The summed E-state index contributed by atoms with van der Waals surface area (Å²) >= 11 is 6.17. The van der Waals surface area contributed by atoms with E-state index in [1.807, 2.05) is 57.2 Å². The number of carbonyl (C=O) groups is 1. The highest BCUT2D eigenvalue weighted by atomic mass is 35.5. The fourth-order valence-corrected chi connectivity index (χ4v) is 2.69. The molecular formula is C20H24ClNO2. The zero-order valence-electron chi connectivity index (χ0n) is 14.9. The molecule has 4 heteroatoms. The second-order valence-electron chi connectivity index (χ2n) is 6.31. The molecule has 0 aliphatic heterocycles. The Morgan fingerprint density at radius 1 is 1.12 bits per heavy atom. The van der Waals surface area contributed by atoms with Crippen LogP contribution in [0.2, 0.25) is 5.02 Å². The third-order valence-electron chi connectivity index (χ3n) is 3.99. The number of hydrogen-bond acceptors (Lipinski definition) is 2. The molecule has 2 aromatic rings. The maximum absolute atomic E-state index is 12.5. The average molecular weight is 346 g/mol. The summed E-state index contributed by atoms with van der Waals surface area (Å²) in [6, 6.07) is 11.9. The first kappa shape index (κ1) is 18.3. The van der Waals surface area contributed by atoms with Crippen LogP contribution in [0.1, 0.15) is 29.2 Å². The van der Waals surface area contributed by atoms with Crippen molar-refractivity contribution >= 4 is 17.5 Å². The molecule has 2 aromatic carbocycles. The Morgan fingerprint density at radius 3 is 2.21 bits per heavy atom. The lowest BCUT2D eigenvalue weighted by molar-refractivity contribution is -0.137. The first-order valence-corrected chi connectivity index (χ1v) is 8.39. The van der Waals surface area contributed by atoms with Gasteiger partial charge in [-0.25, -0.2) is 0 Å². The standard InChI is InChI=1S/C20H24ClNO2/c1-13-6-8-17(9-7-13)12-22(5)20(23)16(4)24-18-10-14(2)19(21)15(3)11-18/h6-11,16H,12H2,1-5H3/t16-/m1/s1. The maximum atomic E-state index is 12.5. The minimum Gasteiger partial charge on any atom is -0.481 e. The Balaban J connectivity index is 2.02. The van der Waals surface area contributed by atoms with Crippen molar-refractivity contribution in [3.63, 3.8) is 0 Å². The smallest absolute Gasteiger partial charge is 0.263 e. The zero-order chi connectivity index (χ0) is 17.9. The Morgan fingerprint density at radius 2 is 1.67 bits per heavy atom. The van der Waals surface area contributed by atoms with E-state index in [1.54, 1.807) is 18.9 Å². The number of halogens is 1. The van der Waals surface area contributed by atoms with Crippen LogP contribution in [0.15, 0.2) is 36.4 Å². The van der Waals surface area contributed by atoms with Gasteiger partial charge >= 0.3 is 0 Å². The molecule has 0 saturated carbocycles. The number of likely N-dealkylation sites (N-methyl/N-ethyl adjacent to an activating group) is 1. The summed E-state index contributed by atoms with van der Waals surface area (Å²) < 4.78 is 5.82. The van der Waals surface area contributed by atoms with Gasteiger partial charge in [0.05, 0.1) is 0 Å². The van der Waals surface area contributed by atoms with Gasteiger partial charge in [0.2, 0.25) is 0 Å². The number of aryl methyl sites for hydroxylation is 3. The molecule has 3 nitrogen and oxygen atoms in total. The van der Waals surface area contributed by atoms with Gasteiger partial charge in [-0.1, -0.05) is 41.4 Å². The normalized spacial score (nSPS) is 11.9. The lowest BCUT2D eigenvalue weighted by Gasteiger charge is -2.23. The van der Waals surface area contributed by atoms with E-state index in [9.17, 15) is 4.79 Å². The molecule has 0 radical (unpaired) electrons. The fourth-order valence-electron chi connectivity index (χ4n) is 2.58. The number of hydrogen-bond donors (Lipinski definition) is 0. The third-order valence-corrected chi connectivity index (χ3v) is 4.58. The van der Waals surface area contributed by atoms with E-state index in [4.69, 9.17) is 16.3 Å². The summed E-state index contributed by atoms with van der Waals surface area (Å²) in [6.45, 7) is 8.24. The van der Waals surface area contributed by atoms with Crippen LogP contribution in [0.25, 0.3) is 0 Å². The van der Waals surface area contributed by atoms with Gasteiger partial charge in [0.25, 0.3) is 5.91 Å². The highest BCUT2D eigenvalue weighted by Gasteiger charge is 2.20. The molecule has 1 amide bonds. The zero-order valence-corrected chi connectivity index (χ0v) is 15.6. The van der Waals surface area contributed by atoms with E-state index in [-0.39, 0.29) is 5.91 Å². The van der Waals surface area contributed by atoms with Gasteiger partial charge in [0.15, 0.2) is 6.10 Å². The van der Waals surface area contributed by atoms with Gasteiger partial charge in [-0.2, -0.15) is 0 Å². The molecule has 0 heterocycles. The summed E-state index contributed by atoms with van der Waals surface area (Å²) in [7, 11) is 1.79. The number of rotatable bonds is 5. The molecule has 0 aromatic heterocycles. The van der Waals surface area contributed by atoms with E-state index in [0.717, 1.165) is 21.7 Å². The molecular weight excluding hydrogens is 322 g/mol. The van der Waals surface area contributed by atoms with Gasteiger partial charge in [-0.15, -0.1) is 0 Å². The number of carbonyl (C=O) groups excluding carboxylic acids is 1. The summed E-state index contributed by atoms with van der Waals surface area (Å²) in [4.78, 5) is 14.2. The van der Waals surface area contributed by atoms with Crippen molar-refractivity contribution in [3.05, 3.63) is 63.7 Å². The molecule has 0 fully saturated rings. The third kappa shape index (κ3) is 4.51. The Bertz CT molecular complexity index is 702. The van der Waals surface area contributed by atoms with Gasteiger partial charge in [-0.3, -0.25) is 4.79 Å². The SMILES string of the molecule is Cc1ccc(CN(C)C(=O)[C@@H](C)Oc2cc(C)c(Cl)c(C)c2)cc1. The van der Waals surface area contributed by atoms with Gasteiger partial charge in [0, 0.05) is 18.6 Å². The van der Waals surface area contributed by atoms with E-state index in [0.29, 0.717) is 12.3 Å².